The molecule has 1 unspecified atom stereocenters. The third kappa shape index (κ3) is 7.92. The third-order valence-corrected chi connectivity index (χ3v) is 5.55. The van der Waals surface area contributed by atoms with Crippen LogP contribution in [0.15, 0.2) is 23.3 Å². The summed E-state index contributed by atoms with van der Waals surface area (Å²) in [5.41, 5.74) is 0.560. The van der Waals surface area contributed by atoms with E-state index in [0.29, 0.717) is 23.3 Å². The molecule has 0 bridgehead atoms. The number of alkyl halides is 3. The molecule has 1 aromatic heterocycles. The van der Waals surface area contributed by atoms with E-state index in [1.807, 2.05) is 11.8 Å². The van der Waals surface area contributed by atoms with Gasteiger partial charge < -0.3 is 15.0 Å². The normalized spacial score (nSPS) is 18.3. The molecule has 1 atom stereocenters. The number of pyridine rings is 1. The van der Waals surface area contributed by atoms with Crippen molar-refractivity contribution in [1.82, 2.24) is 15.2 Å². The van der Waals surface area contributed by atoms with Gasteiger partial charge in [-0.25, -0.2) is 4.98 Å². The number of thioether (sulfide) groups is 1. The van der Waals surface area contributed by atoms with E-state index in [4.69, 9.17) is 4.74 Å². The maximum Gasteiger partial charge on any atom is 0.422 e. The Morgan fingerprint density at radius 3 is 2.85 bits per heavy atom. The predicted molar refractivity (Wildman–Crippen MR) is 114 cm³/mol. The van der Waals surface area contributed by atoms with E-state index in [9.17, 15) is 13.2 Å². The maximum atomic E-state index is 12.4. The van der Waals surface area contributed by atoms with Crippen LogP contribution < -0.4 is 10.1 Å². The Morgan fingerprint density at radius 2 is 2.22 bits per heavy atom. The van der Waals surface area contributed by atoms with Crippen LogP contribution in [0.4, 0.5) is 13.2 Å². The van der Waals surface area contributed by atoms with Gasteiger partial charge in [0.05, 0.1) is 0 Å². The molecule has 1 aliphatic rings. The minimum absolute atomic E-state index is 0. The first kappa shape index (κ1) is 24.1. The molecule has 0 aromatic carbocycles. The molecule has 1 fully saturated rings. The van der Waals surface area contributed by atoms with E-state index in [0.717, 1.165) is 24.8 Å². The first-order chi connectivity index (χ1) is 12.3. The standard InChI is InChI=1S/C17H25F3N4OS.HI/c1-12(2)14-10-24(7-8-26-14)16(21-3)23-9-13-5-4-6-22-15(13)25-11-17(18,19)20;/h4-6,12,14H,7-11H2,1-3H3,(H,21,23);1H. The molecule has 1 N–H and O–H groups in total. The summed E-state index contributed by atoms with van der Waals surface area (Å²) in [4.78, 5) is 10.4. The van der Waals surface area contributed by atoms with Crippen LogP contribution in [-0.4, -0.2) is 59.8 Å². The lowest BCUT2D eigenvalue weighted by molar-refractivity contribution is -0.154. The summed E-state index contributed by atoms with van der Waals surface area (Å²) in [7, 11) is 1.71. The molecule has 1 saturated heterocycles. The van der Waals surface area contributed by atoms with Gasteiger partial charge >= 0.3 is 6.18 Å². The molecule has 0 aliphatic carbocycles. The van der Waals surface area contributed by atoms with Crippen molar-refractivity contribution in [3.05, 3.63) is 23.9 Å². The van der Waals surface area contributed by atoms with E-state index >= 15 is 0 Å². The number of aromatic nitrogens is 1. The molecule has 0 amide bonds. The van der Waals surface area contributed by atoms with Crippen molar-refractivity contribution < 1.29 is 17.9 Å². The number of rotatable bonds is 5. The predicted octanol–water partition coefficient (Wildman–Crippen LogP) is 3.79. The number of nitrogens with zero attached hydrogens (tertiary/aromatic N) is 3. The van der Waals surface area contributed by atoms with Crippen molar-refractivity contribution in [2.45, 2.75) is 31.8 Å². The maximum absolute atomic E-state index is 12.4. The van der Waals surface area contributed by atoms with Crippen LogP contribution in [0.3, 0.4) is 0 Å². The molecule has 5 nitrogen and oxygen atoms in total. The van der Waals surface area contributed by atoms with Crippen molar-refractivity contribution in [1.29, 1.82) is 0 Å². The van der Waals surface area contributed by atoms with Gasteiger partial charge in [0, 0.05) is 49.4 Å². The quantitative estimate of drug-likeness (QED) is 0.366. The van der Waals surface area contributed by atoms with Gasteiger partial charge in [-0.1, -0.05) is 19.9 Å². The fourth-order valence-corrected chi connectivity index (χ4v) is 3.92. The van der Waals surface area contributed by atoms with Crippen molar-refractivity contribution in [2.24, 2.45) is 10.9 Å². The summed E-state index contributed by atoms with van der Waals surface area (Å²) in [5.74, 6) is 2.32. The topological polar surface area (TPSA) is 49.8 Å². The van der Waals surface area contributed by atoms with Gasteiger partial charge in [0.15, 0.2) is 12.6 Å². The number of aliphatic imine (C=N–C) groups is 1. The zero-order valence-corrected chi connectivity index (χ0v) is 18.8. The van der Waals surface area contributed by atoms with E-state index in [1.165, 1.54) is 6.20 Å². The molecule has 1 aromatic rings. The van der Waals surface area contributed by atoms with Crippen LogP contribution in [-0.2, 0) is 6.54 Å². The lowest BCUT2D eigenvalue weighted by Gasteiger charge is -2.36. The average molecular weight is 518 g/mol. The lowest BCUT2D eigenvalue weighted by atomic mass is 10.1. The fraction of sp³-hybridized carbons (Fsp3) is 0.647. The number of guanidine groups is 1. The Hall–Kier alpha value is -0.910. The minimum Gasteiger partial charge on any atom is -0.468 e. The zero-order chi connectivity index (χ0) is 19.2. The summed E-state index contributed by atoms with van der Waals surface area (Å²) in [6.45, 7) is 5.13. The summed E-state index contributed by atoms with van der Waals surface area (Å²) in [6.07, 6.45) is -2.98. The SMILES string of the molecule is CN=C(NCc1cccnc1OCC(F)(F)F)N1CCSC(C(C)C)C1.I. The van der Waals surface area contributed by atoms with Crippen molar-refractivity contribution in [3.8, 4) is 5.88 Å². The Balaban J connectivity index is 0.00000364. The third-order valence-electron chi connectivity index (χ3n) is 4.01. The molecule has 154 valence electrons. The number of hydrogen-bond donors (Lipinski definition) is 1. The highest BCUT2D eigenvalue weighted by Crippen LogP contribution is 2.25. The number of halogens is 4. The van der Waals surface area contributed by atoms with Gasteiger partial charge in [0.1, 0.15) is 0 Å². The van der Waals surface area contributed by atoms with Crippen LogP contribution in [0, 0.1) is 5.92 Å². The Morgan fingerprint density at radius 1 is 1.48 bits per heavy atom. The van der Waals surface area contributed by atoms with E-state index in [-0.39, 0.29) is 29.9 Å². The van der Waals surface area contributed by atoms with E-state index in [1.54, 1.807) is 19.2 Å². The highest BCUT2D eigenvalue weighted by atomic mass is 127. The largest absolute Gasteiger partial charge is 0.468 e. The Kier molecular flexibility index (Phi) is 9.99. The van der Waals surface area contributed by atoms with E-state index in [2.05, 4.69) is 34.0 Å². The highest BCUT2D eigenvalue weighted by molar-refractivity contribution is 14.0. The van der Waals surface area contributed by atoms with Crippen molar-refractivity contribution in [3.63, 3.8) is 0 Å². The Bertz CT molecular complexity index is 616. The van der Waals surface area contributed by atoms with Gasteiger partial charge in [-0.3, -0.25) is 4.99 Å². The second kappa shape index (κ2) is 11.2. The average Bonchev–Trinajstić information content (AvgIpc) is 2.61. The van der Waals surface area contributed by atoms with Gasteiger partial charge in [-0.15, -0.1) is 24.0 Å². The highest BCUT2D eigenvalue weighted by Gasteiger charge is 2.29. The molecular weight excluding hydrogens is 492 g/mol. The van der Waals surface area contributed by atoms with Gasteiger partial charge in [0.25, 0.3) is 0 Å². The molecule has 2 rings (SSSR count). The summed E-state index contributed by atoms with van der Waals surface area (Å²) < 4.78 is 42.0. The fourth-order valence-electron chi connectivity index (χ4n) is 2.62. The smallest absolute Gasteiger partial charge is 0.422 e. The van der Waals surface area contributed by atoms with Crippen LogP contribution >= 0.6 is 35.7 Å². The first-order valence-electron chi connectivity index (χ1n) is 8.51. The number of ether oxygens (including phenoxy) is 1. The van der Waals surface area contributed by atoms with E-state index < -0.39 is 12.8 Å². The van der Waals surface area contributed by atoms with Crippen LogP contribution in [0.5, 0.6) is 5.88 Å². The second-order valence-corrected chi connectivity index (χ2v) is 7.72. The van der Waals surface area contributed by atoms with Crippen LogP contribution in [0.25, 0.3) is 0 Å². The van der Waals surface area contributed by atoms with Gasteiger partial charge in [0.2, 0.25) is 5.88 Å². The minimum atomic E-state index is -4.39. The monoisotopic (exact) mass is 518 g/mol. The Labute approximate surface area is 179 Å². The molecular formula is C17H26F3IN4OS. The molecule has 27 heavy (non-hydrogen) atoms. The molecule has 0 saturated carbocycles. The molecule has 1 aliphatic heterocycles. The second-order valence-electron chi connectivity index (χ2n) is 6.37. The zero-order valence-electron chi connectivity index (χ0n) is 15.6. The first-order valence-corrected chi connectivity index (χ1v) is 9.55. The molecule has 0 radical (unpaired) electrons. The number of nitrogens with one attached hydrogen (secondary N) is 1. The summed E-state index contributed by atoms with van der Waals surface area (Å²) in [5, 5.41) is 3.75. The number of hydrogen-bond acceptors (Lipinski definition) is 4. The summed E-state index contributed by atoms with van der Waals surface area (Å²) in [6, 6.07) is 3.37. The summed E-state index contributed by atoms with van der Waals surface area (Å²) >= 11 is 1.97. The van der Waals surface area contributed by atoms with Crippen molar-refractivity contribution >= 4 is 41.7 Å². The molecule has 2 heterocycles. The van der Waals surface area contributed by atoms with Crippen LogP contribution in [0.2, 0.25) is 0 Å². The molecule has 10 heteroatoms. The van der Waals surface area contributed by atoms with Crippen molar-refractivity contribution in [2.75, 3.05) is 32.5 Å². The molecule has 0 spiro atoms. The van der Waals surface area contributed by atoms with Gasteiger partial charge in [-0.05, 0) is 12.0 Å². The van der Waals surface area contributed by atoms with Gasteiger partial charge in [-0.2, -0.15) is 24.9 Å². The lowest BCUT2D eigenvalue weighted by Crippen LogP contribution is -2.48. The van der Waals surface area contributed by atoms with Crippen LogP contribution in [0.1, 0.15) is 19.4 Å².